The van der Waals surface area contributed by atoms with Gasteiger partial charge in [-0.1, -0.05) is 11.6 Å². The van der Waals surface area contributed by atoms with Crippen molar-refractivity contribution in [1.29, 1.82) is 0 Å². The fourth-order valence-corrected chi connectivity index (χ4v) is 1.77. The molecule has 0 spiro atoms. The van der Waals surface area contributed by atoms with E-state index in [1.165, 1.54) is 12.1 Å². The lowest BCUT2D eigenvalue weighted by Crippen LogP contribution is -2.20. The first-order valence-corrected chi connectivity index (χ1v) is 4.66. The predicted octanol–water partition coefficient (Wildman–Crippen LogP) is 2.74. The fourth-order valence-electron chi connectivity index (χ4n) is 1.57. The lowest BCUT2D eigenvalue weighted by molar-refractivity contribution is 0.617. The van der Waals surface area contributed by atoms with E-state index in [9.17, 15) is 4.39 Å². The average Bonchev–Trinajstić information content (AvgIpc) is 2.77. The van der Waals surface area contributed by atoms with Crippen LogP contribution in [-0.2, 0) is 5.54 Å². The zero-order chi connectivity index (χ0) is 9.64. The molecule has 0 atom stereocenters. The van der Waals surface area contributed by atoms with E-state index >= 15 is 0 Å². The van der Waals surface area contributed by atoms with Gasteiger partial charge in [0.1, 0.15) is 5.82 Å². The van der Waals surface area contributed by atoms with E-state index in [0.29, 0.717) is 5.02 Å². The van der Waals surface area contributed by atoms with Crippen molar-refractivity contribution in [3.8, 4) is 0 Å². The summed E-state index contributed by atoms with van der Waals surface area (Å²) in [5, 5.41) is 0.465. The molecular weight excluding hydrogens is 189 g/mol. The van der Waals surface area contributed by atoms with Gasteiger partial charge in [-0.05, 0) is 43.0 Å². The van der Waals surface area contributed by atoms with Crippen molar-refractivity contribution in [3.63, 3.8) is 0 Å². The van der Waals surface area contributed by atoms with Gasteiger partial charge in [0.15, 0.2) is 0 Å². The number of nitrogens with two attached hydrogens (primary N) is 1. The second kappa shape index (κ2) is 2.69. The van der Waals surface area contributed by atoms with Crippen LogP contribution in [0.2, 0.25) is 5.02 Å². The zero-order valence-electron chi connectivity index (χ0n) is 7.40. The van der Waals surface area contributed by atoms with Crippen LogP contribution in [0.4, 0.5) is 4.39 Å². The highest BCUT2D eigenvalue weighted by molar-refractivity contribution is 6.31. The molecule has 1 fully saturated rings. The van der Waals surface area contributed by atoms with Crippen LogP contribution >= 0.6 is 11.6 Å². The maximum absolute atomic E-state index is 13.0. The van der Waals surface area contributed by atoms with E-state index in [4.69, 9.17) is 17.3 Å². The van der Waals surface area contributed by atoms with Crippen molar-refractivity contribution < 1.29 is 4.39 Å². The number of benzene rings is 1. The Hall–Kier alpha value is -0.600. The minimum Gasteiger partial charge on any atom is -0.321 e. The van der Waals surface area contributed by atoms with Gasteiger partial charge in [-0.2, -0.15) is 0 Å². The first kappa shape index (κ1) is 8.97. The summed E-state index contributed by atoms with van der Waals surface area (Å²) in [5.41, 5.74) is 7.44. The van der Waals surface area contributed by atoms with E-state index in [0.717, 1.165) is 24.0 Å². The molecular formula is C10H11ClFN. The van der Waals surface area contributed by atoms with E-state index in [1.807, 2.05) is 6.92 Å². The van der Waals surface area contributed by atoms with Crippen molar-refractivity contribution >= 4 is 11.6 Å². The summed E-state index contributed by atoms with van der Waals surface area (Å²) in [6.45, 7) is 1.88. The van der Waals surface area contributed by atoms with Gasteiger partial charge in [-0.15, -0.1) is 0 Å². The molecule has 1 aliphatic rings. The van der Waals surface area contributed by atoms with E-state index < -0.39 is 0 Å². The molecule has 0 saturated heterocycles. The van der Waals surface area contributed by atoms with Crippen LogP contribution in [0.15, 0.2) is 12.1 Å². The standard InChI is InChI=1S/C10H11ClFN/c1-6-8(10(13)2-3-10)4-7(12)5-9(6)11/h4-5H,2-3,13H2,1H3. The van der Waals surface area contributed by atoms with Crippen molar-refractivity contribution in [3.05, 3.63) is 34.1 Å². The summed E-state index contributed by atoms with van der Waals surface area (Å²) < 4.78 is 13.0. The molecule has 2 N–H and O–H groups in total. The van der Waals surface area contributed by atoms with Gasteiger partial charge < -0.3 is 5.73 Å². The Bertz CT molecular complexity index is 358. The Balaban J connectivity index is 2.56. The monoisotopic (exact) mass is 199 g/mol. The van der Waals surface area contributed by atoms with Gasteiger partial charge in [0, 0.05) is 10.6 Å². The fraction of sp³-hybridized carbons (Fsp3) is 0.400. The molecule has 0 aromatic heterocycles. The SMILES string of the molecule is Cc1c(Cl)cc(F)cc1C1(N)CC1. The van der Waals surface area contributed by atoms with Gasteiger partial charge in [-0.3, -0.25) is 0 Å². The normalized spacial score (nSPS) is 18.8. The Morgan fingerprint density at radius 3 is 2.62 bits per heavy atom. The van der Waals surface area contributed by atoms with E-state index in [1.54, 1.807) is 0 Å². The number of halogens is 2. The summed E-state index contributed by atoms with van der Waals surface area (Å²) in [6, 6.07) is 2.82. The molecule has 1 aliphatic carbocycles. The van der Waals surface area contributed by atoms with Gasteiger partial charge in [0.25, 0.3) is 0 Å². The molecule has 2 rings (SSSR count). The lowest BCUT2D eigenvalue weighted by Gasteiger charge is -2.13. The Kier molecular flexibility index (Phi) is 1.86. The first-order valence-electron chi connectivity index (χ1n) is 4.28. The number of hydrogen-bond donors (Lipinski definition) is 1. The summed E-state index contributed by atoms with van der Waals surface area (Å²) in [6.07, 6.45) is 1.85. The largest absolute Gasteiger partial charge is 0.321 e. The van der Waals surface area contributed by atoms with Crippen molar-refractivity contribution in [2.75, 3.05) is 0 Å². The summed E-state index contributed by atoms with van der Waals surface area (Å²) in [7, 11) is 0. The van der Waals surface area contributed by atoms with Crippen LogP contribution in [0.3, 0.4) is 0 Å². The van der Waals surface area contributed by atoms with Gasteiger partial charge >= 0.3 is 0 Å². The van der Waals surface area contributed by atoms with Gasteiger partial charge in [0.2, 0.25) is 0 Å². The third-order valence-electron chi connectivity index (χ3n) is 2.63. The molecule has 1 aromatic carbocycles. The summed E-state index contributed by atoms with van der Waals surface area (Å²) >= 11 is 5.86. The Morgan fingerprint density at radius 2 is 2.08 bits per heavy atom. The molecule has 0 radical (unpaired) electrons. The molecule has 0 unspecified atom stereocenters. The van der Waals surface area contributed by atoms with Crippen molar-refractivity contribution in [2.45, 2.75) is 25.3 Å². The molecule has 13 heavy (non-hydrogen) atoms. The topological polar surface area (TPSA) is 26.0 Å². The number of hydrogen-bond acceptors (Lipinski definition) is 1. The van der Waals surface area contributed by atoms with Crippen LogP contribution in [0.25, 0.3) is 0 Å². The first-order chi connectivity index (χ1) is 6.03. The molecule has 1 saturated carbocycles. The van der Waals surface area contributed by atoms with Gasteiger partial charge in [-0.25, -0.2) is 4.39 Å². The minimum absolute atomic E-state index is 0.303. The number of rotatable bonds is 1. The highest BCUT2D eigenvalue weighted by Crippen LogP contribution is 2.45. The Morgan fingerprint density at radius 1 is 1.46 bits per heavy atom. The smallest absolute Gasteiger partial charge is 0.125 e. The summed E-state index contributed by atoms with van der Waals surface area (Å²) in [5.74, 6) is -0.303. The van der Waals surface area contributed by atoms with Crippen LogP contribution in [-0.4, -0.2) is 0 Å². The lowest BCUT2D eigenvalue weighted by atomic mass is 10.00. The maximum Gasteiger partial charge on any atom is 0.125 e. The summed E-state index contributed by atoms with van der Waals surface area (Å²) in [4.78, 5) is 0. The van der Waals surface area contributed by atoms with Crippen molar-refractivity contribution in [2.24, 2.45) is 5.73 Å². The second-order valence-electron chi connectivity index (χ2n) is 3.72. The molecule has 1 nitrogen and oxygen atoms in total. The van der Waals surface area contributed by atoms with Gasteiger partial charge in [0.05, 0.1) is 0 Å². The van der Waals surface area contributed by atoms with Crippen LogP contribution < -0.4 is 5.73 Å². The molecule has 1 aromatic rings. The van der Waals surface area contributed by atoms with Crippen LogP contribution in [0.1, 0.15) is 24.0 Å². The minimum atomic E-state index is -0.310. The average molecular weight is 200 g/mol. The third kappa shape index (κ3) is 1.45. The molecule has 70 valence electrons. The van der Waals surface area contributed by atoms with E-state index in [-0.39, 0.29) is 11.4 Å². The molecule has 0 heterocycles. The Labute approximate surface area is 81.7 Å². The zero-order valence-corrected chi connectivity index (χ0v) is 8.16. The predicted molar refractivity (Wildman–Crippen MR) is 51.2 cm³/mol. The molecule has 0 bridgehead atoms. The highest BCUT2D eigenvalue weighted by atomic mass is 35.5. The molecule has 0 amide bonds. The van der Waals surface area contributed by atoms with Crippen LogP contribution in [0, 0.1) is 12.7 Å². The molecule has 3 heteroatoms. The van der Waals surface area contributed by atoms with Crippen LogP contribution in [0.5, 0.6) is 0 Å². The van der Waals surface area contributed by atoms with Crippen molar-refractivity contribution in [1.82, 2.24) is 0 Å². The quantitative estimate of drug-likeness (QED) is 0.740. The third-order valence-corrected chi connectivity index (χ3v) is 3.03. The molecule has 0 aliphatic heterocycles. The van der Waals surface area contributed by atoms with E-state index in [2.05, 4.69) is 0 Å². The highest BCUT2D eigenvalue weighted by Gasteiger charge is 2.41. The maximum atomic E-state index is 13.0. The second-order valence-corrected chi connectivity index (χ2v) is 4.12.